The molecule has 2 unspecified atom stereocenters. The fourth-order valence-electron chi connectivity index (χ4n) is 2.42. The first-order chi connectivity index (χ1) is 9.23. The highest BCUT2D eigenvalue weighted by Gasteiger charge is 2.24. The first kappa shape index (κ1) is 17.0. The van der Waals surface area contributed by atoms with Crippen molar-refractivity contribution in [2.24, 2.45) is 5.92 Å². The molecule has 0 N–H and O–H groups in total. The summed E-state index contributed by atoms with van der Waals surface area (Å²) in [6.45, 7) is 10.1. The Balaban J connectivity index is 3.26. The topological polar surface area (TPSA) is 52.4 Å². The minimum absolute atomic E-state index is 0.0205. The average Bonchev–Trinajstić information content (AvgIpc) is 2.26. The molecule has 0 aliphatic heterocycles. The molecule has 0 spiro atoms. The van der Waals surface area contributed by atoms with Crippen molar-refractivity contribution in [1.29, 1.82) is 0 Å². The number of hydrogen-bond donors (Lipinski definition) is 0. The zero-order valence-corrected chi connectivity index (χ0v) is 14.2. The maximum Gasteiger partial charge on any atom is 0.310 e. The van der Waals surface area contributed by atoms with Gasteiger partial charge in [-0.25, -0.2) is 0 Å². The van der Waals surface area contributed by atoms with Gasteiger partial charge in [0.25, 0.3) is 0 Å². The largest absolute Gasteiger partial charge is 0.484 e. The molecular weight excluding hydrogens is 322 g/mol. The normalized spacial score (nSPS) is 14.4. The van der Waals surface area contributed by atoms with Crippen LogP contribution in [0.4, 0.5) is 5.69 Å². The lowest BCUT2D eigenvalue weighted by Crippen LogP contribution is -2.16. The molecule has 0 aliphatic rings. The summed E-state index contributed by atoms with van der Waals surface area (Å²) in [5.41, 5.74) is 1.08. The number of benzene rings is 1. The van der Waals surface area contributed by atoms with Gasteiger partial charge in [0.2, 0.25) is 0 Å². The molecule has 1 aromatic rings. The van der Waals surface area contributed by atoms with Gasteiger partial charge in [0.05, 0.1) is 11.0 Å². The van der Waals surface area contributed by atoms with Gasteiger partial charge in [0.15, 0.2) is 5.75 Å². The molecule has 0 radical (unpaired) electrons. The molecule has 1 aromatic carbocycles. The van der Waals surface area contributed by atoms with Crippen LogP contribution in [0.1, 0.15) is 46.1 Å². The maximum atomic E-state index is 11.1. The van der Waals surface area contributed by atoms with Crippen LogP contribution in [0.15, 0.2) is 18.2 Å². The van der Waals surface area contributed by atoms with Crippen molar-refractivity contribution in [3.63, 3.8) is 0 Å². The Morgan fingerprint density at radius 1 is 1.20 bits per heavy atom. The van der Waals surface area contributed by atoms with E-state index in [4.69, 9.17) is 4.74 Å². The predicted molar refractivity (Wildman–Crippen MR) is 84.8 cm³/mol. The van der Waals surface area contributed by atoms with E-state index in [1.54, 1.807) is 6.07 Å². The van der Waals surface area contributed by atoms with Crippen molar-refractivity contribution >= 4 is 21.6 Å². The Morgan fingerprint density at radius 3 is 2.20 bits per heavy atom. The molecule has 0 heterocycles. The standard InChI is InChI=1S/C15H22BrNO3/c1-9(2)15(11(5)16)12-6-7-13(17(18)19)14(8-12)20-10(3)4/h6-11,15H,1-5H3. The van der Waals surface area contributed by atoms with Crippen molar-refractivity contribution < 1.29 is 9.66 Å². The average molecular weight is 344 g/mol. The number of nitro benzene ring substituents is 1. The fraction of sp³-hybridized carbons (Fsp3) is 0.600. The summed E-state index contributed by atoms with van der Waals surface area (Å²) in [6.07, 6.45) is -0.0946. The first-order valence-corrected chi connectivity index (χ1v) is 7.74. The quantitative estimate of drug-likeness (QED) is 0.419. The summed E-state index contributed by atoms with van der Waals surface area (Å²) < 4.78 is 5.60. The van der Waals surface area contributed by atoms with Crippen molar-refractivity contribution in [2.75, 3.05) is 0 Å². The van der Waals surface area contributed by atoms with Crippen LogP contribution in [-0.4, -0.2) is 15.9 Å². The summed E-state index contributed by atoms with van der Waals surface area (Å²) in [4.78, 5) is 11.0. The number of ether oxygens (including phenoxy) is 1. The minimum Gasteiger partial charge on any atom is -0.484 e. The highest BCUT2D eigenvalue weighted by molar-refractivity contribution is 9.09. The van der Waals surface area contributed by atoms with Crippen molar-refractivity contribution in [1.82, 2.24) is 0 Å². The number of halogens is 1. The van der Waals surface area contributed by atoms with Crippen molar-refractivity contribution in [3.8, 4) is 5.75 Å². The molecule has 1 rings (SSSR count). The van der Waals surface area contributed by atoms with E-state index < -0.39 is 4.92 Å². The highest BCUT2D eigenvalue weighted by atomic mass is 79.9. The third-order valence-corrected chi connectivity index (χ3v) is 3.71. The molecule has 0 amide bonds. The van der Waals surface area contributed by atoms with Gasteiger partial charge in [-0.1, -0.05) is 42.8 Å². The van der Waals surface area contributed by atoms with Gasteiger partial charge >= 0.3 is 5.69 Å². The molecule has 0 bridgehead atoms. The van der Waals surface area contributed by atoms with Crippen LogP contribution in [0.25, 0.3) is 0 Å². The van der Waals surface area contributed by atoms with E-state index in [0.29, 0.717) is 11.7 Å². The van der Waals surface area contributed by atoms with E-state index in [0.717, 1.165) is 5.56 Å². The number of rotatable bonds is 6. The molecule has 0 saturated heterocycles. The summed E-state index contributed by atoms with van der Waals surface area (Å²) >= 11 is 3.63. The van der Waals surface area contributed by atoms with Crippen LogP contribution < -0.4 is 4.74 Å². The molecular formula is C15H22BrNO3. The molecule has 5 heteroatoms. The third-order valence-electron chi connectivity index (χ3n) is 3.14. The molecule has 0 aromatic heterocycles. The van der Waals surface area contributed by atoms with Crippen LogP contribution in [0.2, 0.25) is 0 Å². The molecule has 0 fully saturated rings. The predicted octanol–water partition coefficient (Wildman–Crippen LogP) is 4.91. The first-order valence-electron chi connectivity index (χ1n) is 6.83. The van der Waals surface area contributed by atoms with E-state index in [9.17, 15) is 10.1 Å². The van der Waals surface area contributed by atoms with Crippen LogP contribution in [0.3, 0.4) is 0 Å². The third kappa shape index (κ3) is 4.20. The molecule has 112 valence electrons. The zero-order valence-electron chi connectivity index (χ0n) is 12.6. The second-order valence-electron chi connectivity index (χ2n) is 5.60. The van der Waals surface area contributed by atoms with Crippen LogP contribution in [0, 0.1) is 16.0 Å². The van der Waals surface area contributed by atoms with Gasteiger partial charge in [-0.05, 0) is 37.3 Å². The monoisotopic (exact) mass is 343 g/mol. The van der Waals surface area contributed by atoms with Crippen LogP contribution in [0.5, 0.6) is 5.75 Å². The number of hydrogen-bond acceptors (Lipinski definition) is 3. The van der Waals surface area contributed by atoms with Gasteiger partial charge in [0, 0.05) is 10.9 Å². The molecule has 4 nitrogen and oxygen atoms in total. The van der Waals surface area contributed by atoms with E-state index >= 15 is 0 Å². The van der Waals surface area contributed by atoms with Gasteiger partial charge in [0.1, 0.15) is 0 Å². The van der Waals surface area contributed by atoms with E-state index in [2.05, 4.69) is 36.7 Å². The number of alkyl halides is 1. The highest BCUT2D eigenvalue weighted by Crippen LogP contribution is 2.37. The summed E-state index contributed by atoms with van der Waals surface area (Å²) in [7, 11) is 0. The van der Waals surface area contributed by atoms with Gasteiger partial charge in [-0.15, -0.1) is 0 Å². The van der Waals surface area contributed by atoms with Crippen LogP contribution in [-0.2, 0) is 0 Å². The second-order valence-corrected chi connectivity index (χ2v) is 7.04. The van der Waals surface area contributed by atoms with E-state index in [1.165, 1.54) is 6.07 Å². The lowest BCUT2D eigenvalue weighted by Gasteiger charge is -2.24. The van der Waals surface area contributed by atoms with Crippen LogP contribution >= 0.6 is 15.9 Å². The number of nitrogens with zero attached hydrogens (tertiary/aromatic N) is 1. The minimum atomic E-state index is -0.399. The summed E-state index contributed by atoms with van der Waals surface area (Å²) in [5, 5.41) is 11.1. The lowest BCUT2D eigenvalue weighted by atomic mass is 9.86. The Labute approximate surface area is 128 Å². The fourth-order valence-corrected chi connectivity index (χ4v) is 3.33. The second kappa shape index (κ2) is 7.07. The summed E-state index contributed by atoms with van der Waals surface area (Å²) in [6, 6.07) is 5.17. The summed E-state index contributed by atoms with van der Waals surface area (Å²) in [5.74, 6) is 1.06. The Kier molecular flexibility index (Phi) is 5.99. The van der Waals surface area contributed by atoms with Crippen molar-refractivity contribution in [2.45, 2.75) is 51.5 Å². The Bertz CT molecular complexity index is 464. The van der Waals surface area contributed by atoms with E-state index in [-0.39, 0.29) is 22.5 Å². The zero-order chi connectivity index (χ0) is 15.4. The molecule has 0 saturated carbocycles. The van der Waals surface area contributed by atoms with E-state index in [1.807, 2.05) is 19.9 Å². The molecule has 2 atom stereocenters. The van der Waals surface area contributed by atoms with Crippen molar-refractivity contribution in [3.05, 3.63) is 33.9 Å². The molecule has 20 heavy (non-hydrogen) atoms. The van der Waals surface area contributed by atoms with Gasteiger partial charge in [-0.3, -0.25) is 10.1 Å². The SMILES string of the molecule is CC(C)Oc1cc(C(C(C)C)C(C)Br)ccc1[N+](=O)[O-]. The van der Waals surface area contributed by atoms with Gasteiger partial charge < -0.3 is 4.74 Å². The number of nitro groups is 1. The van der Waals surface area contributed by atoms with Gasteiger partial charge in [-0.2, -0.15) is 0 Å². The lowest BCUT2D eigenvalue weighted by molar-refractivity contribution is -0.386. The Hall–Kier alpha value is -1.10. The smallest absolute Gasteiger partial charge is 0.310 e. The molecule has 0 aliphatic carbocycles. The maximum absolute atomic E-state index is 11.1. The Morgan fingerprint density at radius 2 is 1.80 bits per heavy atom.